The predicted molar refractivity (Wildman–Crippen MR) is 68.4 cm³/mol. The second-order valence-corrected chi connectivity index (χ2v) is 4.57. The Hall–Kier alpha value is -1.81. The summed E-state index contributed by atoms with van der Waals surface area (Å²) in [5.41, 5.74) is 2.36. The van der Waals surface area contributed by atoms with Gasteiger partial charge < -0.3 is 10.1 Å². The number of nitrogens with one attached hydrogen (secondary N) is 2. The maximum Gasteiger partial charge on any atom is 0.241 e. The highest BCUT2D eigenvalue weighted by molar-refractivity contribution is 5.84. The minimum absolute atomic E-state index is 0.0282. The number of hydrogen-bond acceptors (Lipinski definition) is 3. The molecule has 3 rings (SSSR count). The molecule has 0 aliphatic carbocycles. The van der Waals surface area contributed by atoms with Crippen LogP contribution < -0.4 is 15.4 Å². The van der Waals surface area contributed by atoms with Gasteiger partial charge in [0.25, 0.3) is 0 Å². The van der Waals surface area contributed by atoms with Crippen LogP contribution >= 0.6 is 0 Å². The minimum Gasteiger partial charge on any atom is -0.493 e. The summed E-state index contributed by atoms with van der Waals surface area (Å²) in [5.74, 6) is 1.01. The monoisotopic (exact) mass is 244 g/mol. The second kappa shape index (κ2) is 4.82. The Bertz CT molecular complexity index is 497. The first-order valence-corrected chi connectivity index (χ1v) is 6.25. The molecule has 2 heterocycles. The Labute approximate surface area is 106 Å². The number of rotatable bonds is 3. The van der Waals surface area contributed by atoms with Crippen LogP contribution in [0.5, 0.6) is 5.75 Å². The smallest absolute Gasteiger partial charge is 0.241 e. The Balaban J connectivity index is 1.59. The van der Waals surface area contributed by atoms with E-state index in [0.29, 0.717) is 6.54 Å². The van der Waals surface area contributed by atoms with Gasteiger partial charge in [-0.15, -0.1) is 0 Å². The summed E-state index contributed by atoms with van der Waals surface area (Å²) >= 11 is 0. The van der Waals surface area contributed by atoms with E-state index in [4.69, 9.17) is 4.74 Å². The van der Waals surface area contributed by atoms with Gasteiger partial charge in [-0.2, -0.15) is 0 Å². The normalized spacial score (nSPS) is 20.6. The Morgan fingerprint density at radius 3 is 3.28 bits per heavy atom. The third kappa shape index (κ3) is 2.24. The molecule has 1 aromatic rings. The zero-order chi connectivity index (χ0) is 12.4. The van der Waals surface area contributed by atoms with E-state index in [9.17, 15) is 4.79 Å². The van der Waals surface area contributed by atoms with Gasteiger partial charge in [0.2, 0.25) is 5.91 Å². The SMILES string of the molecule is O=C(NCc1ccc2c(c1)CCO2)C1C=CCN1. The van der Waals surface area contributed by atoms with Crippen molar-refractivity contribution in [3.05, 3.63) is 41.5 Å². The molecule has 1 unspecified atom stereocenters. The molecule has 2 N–H and O–H groups in total. The van der Waals surface area contributed by atoms with E-state index in [1.165, 1.54) is 5.56 Å². The third-order valence-electron chi connectivity index (χ3n) is 3.29. The summed E-state index contributed by atoms with van der Waals surface area (Å²) in [6.45, 7) is 2.11. The topological polar surface area (TPSA) is 50.4 Å². The standard InChI is InChI=1S/C14H16N2O2/c17-14(12-2-1-6-15-12)16-9-10-3-4-13-11(8-10)5-7-18-13/h1-4,8,12,15H,5-7,9H2,(H,16,17). The van der Waals surface area contributed by atoms with Gasteiger partial charge in [-0.1, -0.05) is 24.3 Å². The fourth-order valence-corrected chi connectivity index (χ4v) is 2.30. The molecule has 18 heavy (non-hydrogen) atoms. The molecule has 2 aliphatic heterocycles. The average molecular weight is 244 g/mol. The zero-order valence-electron chi connectivity index (χ0n) is 10.1. The van der Waals surface area contributed by atoms with Gasteiger partial charge in [0.1, 0.15) is 11.8 Å². The molecule has 1 aromatic carbocycles. The van der Waals surface area contributed by atoms with E-state index in [-0.39, 0.29) is 11.9 Å². The lowest BCUT2D eigenvalue weighted by Gasteiger charge is -2.10. The van der Waals surface area contributed by atoms with E-state index >= 15 is 0 Å². The maximum atomic E-state index is 11.8. The van der Waals surface area contributed by atoms with Crippen LogP contribution in [0.1, 0.15) is 11.1 Å². The van der Waals surface area contributed by atoms with Crippen LogP contribution in [0.4, 0.5) is 0 Å². The number of fused-ring (bicyclic) bond motifs is 1. The van der Waals surface area contributed by atoms with E-state index in [1.54, 1.807) is 0 Å². The first kappa shape index (κ1) is 11.3. The van der Waals surface area contributed by atoms with Crippen LogP contribution in [-0.2, 0) is 17.8 Å². The number of benzene rings is 1. The fourth-order valence-electron chi connectivity index (χ4n) is 2.30. The van der Waals surface area contributed by atoms with Crippen molar-refractivity contribution < 1.29 is 9.53 Å². The summed E-state index contributed by atoms with van der Waals surface area (Å²) in [6.07, 6.45) is 4.83. The van der Waals surface area contributed by atoms with Gasteiger partial charge in [-0.3, -0.25) is 10.1 Å². The largest absolute Gasteiger partial charge is 0.493 e. The predicted octanol–water partition coefficient (Wildman–Crippen LogP) is 0.766. The highest BCUT2D eigenvalue weighted by Crippen LogP contribution is 2.25. The van der Waals surface area contributed by atoms with E-state index in [1.807, 2.05) is 24.3 Å². The Morgan fingerprint density at radius 2 is 2.44 bits per heavy atom. The molecule has 4 nitrogen and oxygen atoms in total. The second-order valence-electron chi connectivity index (χ2n) is 4.57. The number of carbonyl (C=O) groups excluding carboxylic acids is 1. The number of amides is 1. The van der Waals surface area contributed by atoms with Gasteiger partial charge in [-0.25, -0.2) is 0 Å². The highest BCUT2D eigenvalue weighted by atomic mass is 16.5. The van der Waals surface area contributed by atoms with Crippen molar-refractivity contribution in [2.75, 3.05) is 13.2 Å². The molecule has 0 fully saturated rings. The molecule has 0 spiro atoms. The molecule has 4 heteroatoms. The lowest BCUT2D eigenvalue weighted by Crippen LogP contribution is -2.40. The molecule has 0 radical (unpaired) electrons. The Kier molecular flexibility index (Phi) is 3.02. The van der Waals surface area contributed by atoms with Crippen molar-refractivity contribution in [3.63, 3.8) is 0 Å². The fraction of sp³-hybridized carbons (Fsp3) is 0.357. The summed E-state index contributed by atoms with van der Waals surface area (Å²) in [6, 6.07) is 5.92. The number of ether oxygens (including phenoxy) is 1. The Morgan fingerprint density at radius 1 is 1.50 bits per heavy atom. The molecule has 1 amide bonds. The summed E-state index contributed by atoms with van der Waals surface area (Å²) in [7, 11) is 0. The number of hydrogen-bond donors (Lipinski definition) is 2. The van der Waals surface area contributed by atoms with Crippen molar-refractivity contribution in [1.29, 1.82) is 0 Å². The van der Waals surface area contributed by atoms with Crippen LogP contribution in [0.2, 0.25) is 0 Å². The summed E-state index contributed by atoms with van der Waals surface area (Å²) < 4.78 is 5.45. The molecule has 0 bridgehead atoms. The quantitative estimate of drug-likeness (QED) is 0.772. The molecular formula is C14H16N2O2. The van der Waals surface area contributed by atoms with E-state index in [0.717, 1.165) is 30.9 Å². The maximum absolute atomic E-state index is 11.8. The molecule has 0 aromatic heterocycles. The van der Waals surface area contributed by atoms with Crippen molar-refractivity contribution in [2.24, 2.45) is 0 Å². The van der Waals surface area contributed by atoms with Crippen LogP contribution in [0.15, 0.2) is 30.4 Å². The summed E-state index contributed by atoms with van der Waals surface area (Å²) in [5, 5.41) is 6.03. The first-order chi connectivity index (χ1) is 8.83. The average Bonchev–Trinajstić information content (AvgIpc) is 3.05. The van der Waals surface area contributed by atoms with Gasteiger partial charge in [0.15, 0.2) is 0 Å². The molecular weight excluding hydrogens is 228 g/mol. The zero-order valence-corrected chi connectivity index (χ0v) is 10.1. The van der Waals surface area contributed by atoms with Crippen LogP contribution in [0, 0.1) is 0 Å². The molecule has 2 aliphatic rings. The molecule has 94 valence electrons. The van der Waals surface area contributed by atoms with Gasteiger partial charge in [0, 0.05) is 19.5 Å². The van der Waals surface area contributed by atoms with Crippen LogP contribution in [0.25, 0.3) is 0 Å². The lowest BCUT2D eigenvalue weighted by atomic mass is 10.1. The van der Waals surface area contributed by atoms with Gasteiger partial charge in [0.05, 0.1) is 6.61 Å². The van der Waals surface area contributed by atoms with Crippen LogP contribution in [0.3, 0.4) is 0 Å². The van der Waals surface area contributed by atoms with E-state index in [2.05, 4.69) is 16.7 Å². The van der Waals surface area contributed by atoms with Gasteiger partial charge in [-0.05, 0) is 17.2 Å². The first-order valence-electron chi connectivity index (χ1n) is 6.25. The molecule has 0 saturated heterocycles. The third-order valence-corrected chi connectivity index (χ3v) is 3.29. The highest BCUT2D eigenvalue weighted by Gasteiger charge is 2.17. The summed E-state index contributed by atoms with van der Waals surface area (Å²) in [4.78, 5) is 11.8. The van der Waals surface area contributed by atoms with Crippen molar-refractivity contribution >= 4 is 5.91 Å². The molecule has 1 atom stereocenters. The van der Waals surface area contributed by atoms with Gasteiger partial charge >= 0.3 is 0 Å². The van der Waals surface area contributed by atoms with Crippen molar-refractivity contribution in [1.82, 2.24) is 10.6 Å². The lowest BCUT2D eigenvalue weighted by molar-refractivity contribution is -0.122. The van der Waals surface area contributed by atoms with Crippen LogP contribution in [-0.4, -0.2) is 25.1 Å². The van der Waals surface area contributed by atoms with E-state index < -0.39 is 0 Å². The molecule has 0 saturated carbocycles. The minimum atomic E-state index is -0.178. The van der Waals surface area contributed by atoms with Crippen molar-refractivity contribution in [2.45, 2.75) is 19.0 Å². The van der Waals surface area contributed by atoms with Crippen molar-refractivity contribution in [3.8, 4) is 5.75 Å². The number of carbonyl (C=O) groups is 1.